The van der Waals surface area contributed by atoms with E-state index in [0.717, 1.165) is 28.6 Å². The zero-order chi connectivity index (χ0) is 26.5. The van der Waals surface area contributed by atoms with Crippen molar-refractivity contribution in [2.45, 2.75) is 37.4 Å². The number of urea groups is 1. The quantitative estimate of drug-likeness (QED) is 0.359. The van der Waals surface area contributed by atoms with Crippen LogP contribution in [0.25, 0.3) is 0 Å². The number of imide groups is 1. The van der Waals surface area contributed by atoms with E-state index in [1.807, 2.05) is 54.6 Å². The zero-order valence-corrected chi connectivity index (χ0v) is 23.8. The molecule has 0 bridgehead atoms. The second kappa shape index (κ2) is 12.7. The monoisotopic (exact) mass is 611 g/mol. The Hall–Kier alpha value is -3.27. The molecule has 5 rings (SSSR count). The molecule has 2 aliphatic rings. The zero-order valence-electron chi connectivity index (χ0n) is 21.4. The molecule has 0 radical (unpaired) electrons. The molecule has 4 amide bonds. The number of pyridine rings is 1. The lowest BCUT2D eigenvalue weighted by Gasteiger charge is -2.37. The molecule has 8 nitrogen and oxygen atoms in total. The molecular weight excluding hydrogens is 582 g/mol. The standard InChI is InChI=1S/C29H30BrN5O3.ClH/c30-24-10-8-21(9-11-24)20-35-27(37)29(33-28(35)38)13-17-34(18-14-29)16-12-25(22-5-2-1-3-6-22)32-26(36)23-7-4-15-31-19-23;/h1-11,15,19,25H,12-14,16-18,20H2,(H,32,36)(H,33,38);1H/t25-;/m0./s1. The number of aromatic nitrogens is 1. The first kappa shape index (κ1) is 28.7. The minimum absolute atomic E-state index is 0. The molecule has 3 aromatic rings. The maximum atomic E-state index is 13.3. The van der Waals surface area contributed by atoms with Crippen LogP contribution in [0.1, 0.15) is 46.8 Å². The first-order valence-electron chi connectivity index (χ1n) is 12.8. The van der Waals surface area contributed by atoms with E-state index in [9.17, 15) is 14.4 Å². The van der Waals surface area contributed by atoms with Crippen molar-refractivity contribution >= 4 is 46.2 Å². The summed E-state index contributed by atoms with van der Waals surface area (Å²) in [4.78, 5) is 46.6. The Balaban J connectivity index is 0.00000353. The Bertz CT molecular complexity index is 1290. The number of piperidine rings is 1. The summed E-state index contributed by atoms with van der Waals surface area (Å²) >= 11 is 3.41. The third-order valence-electron chi connectivity index (χ3n) is 7.37. The summed E-state index contributed by atoms with van der Waals surface area (Å²) in [5.41, 5.74) is 1.64. The van der Waals surface area contributed by atoms with Crippen LogP contribution < -0.4 is 10.6 Å². The summed E-state index contributed by atoms with van der Waals surface area (Å²) in [6.45, 7) is 2.40. The Labute approximate surface area is 242 Å². The van der Waals surface area contributed by atoms with Gasteiger partial charge in [0.25, 0.3) is 11.8 Å². The van der Waals surface area contributed by atoms with Crippen molar-refractivity contribution in [3.63, 3.8) is 0 Å². The molecule has 0 unspecified atom stereocenters. The lowest BCUT2D eigenvalue weighted by Crippen LogP contribution is -2.55. The summed E-state index contributed by atoms with van der Waals surface area (Å²) in [6.07, 6.45) is 5.05. The molecular formula is C29H31BrClN5O3. The highest BCUT2D eigenvalue weighted by Crippen LogP contribution is 2.31. The van der Waals surface area contributed by atoms with Gasteiger partial charge in [0.1, 0.15) is 5.54 Å². The van der Waals surface area contributed by atoms with Gasteiger partial charge in [0.2, 0.25) is 0 Å². The van der Waals surface area contributed by atoms with E-state index in [1.54, 1.807) is 24.5 Å². The second-order valence-electron chi connectivity index (χ2n) is 9.84. The highest BCUT2D eigenvalue weighted by Gasteiger charge is 2.52. The van der Waals surface area contributed by atoms with Crippen LogP contribution in [0.2, 0.25) is 0 Å². The number of benzene rings is 2. The number of nitrogens with one attached hydrogen (secondary N) is 2. The number of likely N-dealkylation sites (tertiary alicyclic amines) is 1. The fourth-order valence-electron chi connectivity index (χ4n) is 5.15. The van der Waals surface area contributed by atoms with E-state index in [4.69, 9.17) is 0 Å². The minimum Gasteiger partial charge on any atom is -0.345 e. The summed E-state index contributed by atoms with van der Waals surface area (Å²) in [5.74, 6) is -0.300. The van der Waals surface area contributed by atoms with Gasteiger partial charge in [-0.25, -0.2) is 4.79 Å². The fourth-order valence-corrected chi connectivity index (χ4v) is 5.41. The number of hydrogen-bond donors (Lipinski definition) is 2. The van der Waals surface area contributed by atoms with Gasteiger partial charge >= 0.3 is 6.03 Å². The Morgan fingerprint density at radius 1 is 1.03 bits per heavy atom. The van der Waals surface area contributed by atoms with E-state index >= 15 is 0 Å². The SMILES string of the molecule is Cl.O=C(N[C@@H](CCN1CCC2(CC1)NC(=O)N(Cc1ccc(Br)cc1)C2=O)c1ccccc1)c1cccnc1. The molecule has 0 saturated carbocycles. The van der Waals surface area contributed by atoms with Gasteiger partial charge in [-0.2, -0.15) is 0 Å². The van der Waals surface area contributed by atoms with Crippen molar-refractivity contribution in [2.24, 2.45) is 0 Å². The van der Waals surface area contributed by atoms with E-state index in [-0.39, 0.29) is 42.8 Å². The summed E-state index contributed by atoms with van der Waals surface area (Å²) in [5, 5.41) is 6.15. The molecule has 2 aliphatic heterocycles. The van der Waals surface area contributed by atoms with Gasteiger partial charge in [0.05, 0.1) is 18.2 Å². The van der Waals surface area contributed by atoms with Crippen LogP contribution in [0.5, 0.6) is 0 Å². The van der Waals surface area contributed by atoms with Crippen LogP contribution >= 0.6 is 28.3 Å². The minimum atomic E-state index is -0.837. The fraction of sp³-hybridized carbons (Fsp3) is 0.310. The molecule has 2 saturated heterocycles. The van der Waals surface area contributed by atoms with Crippen LogP contribution in [-0.2, 0) is 11.3 Å². The van der Waals surface area contributed by atoms with Crippen molar-refractivity contribution < 1.29 is 14.4 Å². The highest BCUT2D eigenvalue weighted by molar-refractivity contribution is 9.10. The molecule has 1 spiro atoms. The number of rotatable bonds is 8. The third kappa shape index (κ3) is 6.66. The van der Waals surface area contributed by atoms with Gasteiger partial charge in [-0.3, -0.25) is 19.5 Å². The van der Waals surface area contributed by atoms with Crippen molar-refractivity contribution in [1.29, 1.82) is 0 Å². The van der Waals surface area contributed by atoms with E-state index in [2.05, 4.69) is 36.4 Å². The van der Waals surface area contributed by atoms with Crippen molar-refractivity contribution in [1.82, 2.24) is 25.4 Å². The number of carbonyl (C=O) groups excluding carboxylic acids is 3. The Kier molecular flexibility index (Phi) is 9.37. The highest BCUT2D eigenvalue weighted by atomic mass is 79.9. The van der Waals surface area contributed by atoms with Crippen molar-refractivity contribution in [3.05, 3.63) is 100 Å². The predicted octanol–water partition coefficient (Wildman–Crippen LogP) is 4.71. The van der Waals surface area contributed by atoms with Gasteiger partial charge in [-0.15, -0.1) is 12.4 Å². The number of hydrogen-bond acceptors (Lipinski definition) is 5. The van der Waals surface area contributed by atoms with E-state index in [0.29, 0.717) is 31.5 Å². The maximum Gasteiger partial charge on any atom is 0.325 e. The molecule has 0 aliphatic carbocycles. The van der Waals surface area contributed by atoms with E-state index < -0.39 is 5.54 Å². The molecule has 1 atom stereocenters. The molecule has 2 aromatic carbocycles. The van der Waals surface area contributed by atoms with Crippen LogP contribution in [0, 0.1) is 0 Å². The van der Waals surface area contributed by atoms with Crippen LogP contribution in [0.15, 0.2) is 83.6 Å². The number of amides is 4. The normalized spacial score (nSPS) is 17.4. The first-order valence-corrected chi connectivity index (χ1v) is 13.6. The topological polar surface area (TPSA) is 94.6 Å². The largest absolute Gasteiger partial charge is 0.345 e. The van der Waals surface area contributed by atoms with Gasteiger partial charge in [0, 0.05) is 36.5 Å². The predicted molar refractivity (Wildman–Crippen MR) is 154 cm³/mol. The summed E-state index contributed by atoms with van der Waals surface area (Å²) in [6, 6.07) is 20.6. The lowest BCUT2D eigenvalue weighted by atomic mass is 9.87. The van der Waals surface area contributed by atoms with Crippen molar-refractivity contribution in [3.8, 4) is 0 Å². The molecule has 2 fully saturated rings. The maximum absolute atomic E-state index is 13.3. The summed E-state index contributed by atoms with van der Waals surface area (Å²) in [7, 11) is 0. The number of halogens is 2. The first-order chi connectivity index (χ1) is 18.4. The average Bonchev–Trinajstić information content (AvgIpc) is 3.17. The lowest BCUT2D eigenvalue weighted by molar-refractivity contribution is -0.133. The van der Waals surface area contributed by atoms with Gasteiger partial charge in [-0.1, -0.05) is 58.4 Å². The number of nitrogens with zero attached hydrogens (tertiary/aromatic N) is 3. The number of carbonyl (C=O) groups is 3. The van der Waals surface area contributed by atoms with Crippen molar-refractivity contribution in [2.75, 3.05) is 19.6 Å². The Morgan fingerprint density at radius 3 is 2.41 bits per heavy atom. The molecule has 204 valence electrons. The molecule has 1 aromatic heterocycles. The molecule has 2 N–H and O–H groups in total. The molecule has 10 heteroatoms. The van der Waals surface area contributed by atoms with Crippen LogP contribution in [0.4, 0.5) is 4.79 Å². The van der Waals surface area contributed by atoms with Crippen LogP contribution in [0.3, 0.4) is 0 Å². The van der Waals surface area contributed by atoms with E-state index in [1.165, 1.54) is 4.90 Å². The molecule has 3 heterocycles. The van der Waals surface area contributed by atoms with Gasteiger partial charge < -0.3 is 15.5 Å². The third-order valence-corrected chi connectivity index (χ3v) is 7.90. The Morgan fingerprint density at radius 2 is 1.74 bits per heavy atom. The van der Waals surface area contributed by atoms with Crippen LogP contribution in [-0.4, -0.2) is 57.8 Å². The second-order valence-corrected chi connectivity index (χ2v) is 10.8. The summed E-state index contributed by atoms with van der Waals surface area (Å²) < 4.78 is 0.952. The van der Waals surface area contributed by atoms with Gasteiger partial charge in [0.15, 0.2) is 0 Å². The smallest absolute Gasteiger partial charge is 0.325 e. The van der Waals surface area contributed by atoms with Gasteiger partial charge in [-0.05, 0) is 54.7 Å². The molecule has 39 heavy (non-hydrogen) atoms. The average molecular weight is 613 g/mol.